The molecule has 6 nitrogen and oxygen atoms in total. The average Bonchev–Trinajstić information content (AvgIpc) is 3.34. The normalized spacial score (nSPS) is 29.9. The Balaban J connectivity index is 1.37. The summed E-state index contributed by atoms with van der Waals surface area (Å²) < 4.78 is 5.88. The Morgan fingerprint density at radius 3 is 2.96 bits per heavy atom. The number of carbonyl (C=O) groups is 1. The van der Waals surface area contributed by atoms with Crippen molar-refractivity contribution in [1.29, 1.82) is 0 Å². The number of aryl methyl sites for hydroxylation is 1. The molecule has 1 aliphatic carbocycles. The topological polar surface area (TPSA) is 67.4 Å². The van der Waals surface area contributed by atoms with Crippen LogP contribution < -0.4 is 10.2 Å². The maximum absolute atomic E-state index is 12.3. The highest BCUT2D eigenvalue weighted by Gasteiger charge is 2.46. The van der Waals surface area contributed by atoms with Crippen LogP contribution in [0.3, 0.4) is 0 Å². The molecule has 130 valence electrons. The first-order valence-corrected chi connectivity index (χ1v) is 9.06. The standard InChI is InChI=1S/C18H26N4O2/c1-13-8-20-17(21-9-13)22-6-2-5-18(11-22)7-15(24-12-18)16(23)19-10-14-3-4-14/h8-9,14-15H,2-7,10-12H2,1H3,(H,19,23)/t15-,18-/m0/s1. The molecule has 0 bridgehead atoms. The minimum atomic E-state index is -0.289. The molecule has 2 aliphatic heterocycles. The second-order valence-electron chi connectivity index (χ2n) is 7.78. The van der Waals surface area contributed by atoms with E-state index in [4.69, 9.17) is 4.74 Å². The van der Waals surface area contributed by atoms with Crippen LogP contribution in [0.5, 0.6) is 0 Å². The minimum Gasteiger partial charge on any atom is -0.368 e. The first-order valence-electron chi connectivity index (χ1n) is 9.06. The summed E-state index contributed by atoms with van der Waals surface area (Å²) in [5, 5.41) is 3.06. The van der Waals surface area contributed by atoms with Crippen molar-refractivity contribution in [3.8, 4) is 0 Å². The third kappa shape index (κ3) is 3.38. The van der Waals surface area contributed by atoms with Crippen molar-refractivity contribution >= 4 is 11.9 Å². The van der Waals surface area contributed by atoms with Gasteiger partial charge in [-0.25, -0.2) is 9.97 Å². The van der Waals surface area contributed by atoms with Gasteiger partial charge in [0.1, 0.15) is 6.10 Å². The zero-order valence-electron chi connectivity index (χ0n) is 14.3. The number of ether oxygens (including phenoxy) is 1. The number of hydrogen-bond donors (Lipinski definition) is 1. The van der Waals surface area contributed by atoms with Crippen LogP contribution in [0.1, 0.15) is 37.7 Å². The van der Waals surface area contributed by atoms with E-state index in [2.05, 4.69) is 20.2 Å². The number of aromatic nitrogens is 2. The Labute approximate surface area is 143 Å². The molecule has 3 fully saturated rings. The van der Waals surface area contributed by atoms with Gasteiger partial charge in [-0.15, -0.1) is 0 Å². The Bertz CT molecular complexity index is 602. The molecule has 1 amide bonds. The molecular formula is C18H26N4O2. The molecule has 1 aromatic rings. The minimum absolute atomic E-state index is 0.0636. The first-order chi connectivity index (χ1) is 11.6. The Hall–Kier alpha value is -1.69. The molecule has 1 spiro atoms. The van der Waals surface area contributed by atoms with Gasteiger partial charge in [0.25, 0.3) is 0 Å². The molecular weight excluding hydrogens is 304 g/mol. The third-order valence-electron chi connectivity index (χ3n) is 5.47. The van der Waals surface area contributed by atoms with Gasteiger partial charge < -0.3 is 15.0 Å². The Morgan fingerprint density at radius 1 is 1.42 bits per heavy atom. The number of anilines is 1. The molecule has 0 unspecified atom stereocenters. The maximum Gasteiger partial charge on any atom is 0.249 e. The second-order valence-corrected chi connectivity index (χ2v) is 7.78. The van der Waals surface area contributed by atoms with Crippen LogP contribution in [0.25, 0.3) is 0 Å². The van der Waals surface area contributed by atoms with E-state index in [0.29, 0.717) is 12.5 Å². The van der Waals surface area contributed by atoms with Gasteiger partial charge in [0, 0.05) is 37.4 Å². The second kappa shape index (κ2) is 6.31. The van der Waals surface area contributed by atoms with E-state index < -0.39 is 0 Å². The summed E-state index contributed by atoms with van der Waals surface area (Å²) in [5.41, 5.74) is 1.13. The van der Waals surface area contributed by atoms with Gasteiger partial charge in [0.15, 0.2) is 0 Å². The predicted octanol–water partition coefficient (Wildman–Crippen LogP) is 1.69. The first kappa shape index (κ1) is 15.8. The number of amides is 1. The van der Waals surface area contributed by atoms with E-state index in [1.165, 1.54) is 12.8 Å². The Morgan fingerprint density at radius 2 is 2.21 bits per heavy atom. The predicted molar refractivity (Wildman–Crippen MR) is 90.7 cm³/mol. The van der Waals surface area contributed by atoms with Gasteiger partial charge in [-0.2, -0.15) is 0 Å². The lowest BCUT2D eigenvalue weighted by molar-refractivity contribution is -0.130. The van der Waals surface area contributed by atoms with Crippen LogP contribution in [0, 0.1) is 18.3 Å². The lowest BCUT2D eigenvalue weighted by atomic mass is 9.78. The maximum atomic E-state index is 12.3. The van der Waals surface area contributed by atoms with Crippen molar-refractivity contribution in [2.75, 3.05) is 31.1 Å². The average molecular weight is 330 g/mol. The Kier molecular flexibility index (Phi) is 4.16. The van der Waals surface area contributed by atoms with Crippen LogP contribution in [0.15, 0.2) is 12.4 Å². The summed E-state index contributed by atoms with van der Waals surface area (Å²) in [7, 11) is 0. The van der Waals surface area contributed by atoms with E-state index in [1.807, 2.05) is 19.3 Å². The molecule has 1 N–H and O–H groups in total. The van der Waals surface area contributed by atoms with Crippen molar-refractivity contribution in [3.05, 3.63) is 18.0 Å². The fourth-order valence-corrected chi connectivity index (χ4v) is 3.85. The van der Waals surface area contributed by atoms with Gasteiger partial charge in [0.2, 0.25) is 11.9 Å². The summed E-state index contributed by atoms with van der Waals surface area (Å²) >= 11 is 0. The largest absolute Gasteiger partial charge is 0.368 e. The molecule has 0 radical (unpaired) electrons. The van der Waals surface area contributed by atoms with Crippen molar-refractivity contribution in [3.63, 3.8) is 0 Å². The van der Waals surface area contributed by atoms with Crippen LogP contribution >= 0.6 is 0 Å². The van der Waals surface area contributed by atoms with Gasteiger partial charge in [0.05, 0.1) is 6.61 Å². The van der Waals surface area contributed by atoms with Gasteiger partial charge in [-0.05, 0) is 50.5 Å². The number of hydrogen-bond acceptors (Lipinski definition) is 5. The fraction of sp³-hybridized carbons (Fsp3) is 0.722. The zero-order valence-corrected chi connectivity index (χ0v) is 14.3. The lowest BCUT2D eigenvalue weighted by Gasteiger charge is -2.39. The molecule has 24 heavy (non-hydrogen) atoms. The smallest absolute Gasteiger partial charge is 0.249 e. The molecule has 2 atom stereocenters. The number of nitrogens with zero attached hydrogens (tertiary/aromatic N) is 3. The quantitative estimate of drug-likeness (QED) is 0.910. The molecule has 2 saturated heterocycles. The van der Waals surface area contributed by atoms with Crippen LogP contribution in [0.4, 0.5) is 5.95 Å². The van der Waals surface area contributed by atoms with Crippen LogP contribution in [-0.2, 0) is 9.53 Å². The summed E-state index contributed by atoms with van der Waals surface area (Å²) in [6, 6.07) is 0. The van der Waals surface area contributed by atoms with Crippen molar-refractivity contribution in [2.45, 2.75) is 45.1 Å². The highest BCUT2D eigenvalue weighted by atomic mass is 16.5. The highest BCUT2D eigenvalue weighted by Crippen LogP contribution is 2.41. The van der Waals surface area contributed by atoms with Gasteiger partial charge in [-0.3, -0.25) is 4.79 Å². The SMILES string of the molecule is Cc1cnc(N2CCC[C@@]3(CO[C@H](C(=O)NCC4CC4)C3)C2)nc1. The molecule has 4 rings (SSSR count). The van der Waals surface area contributed by atoms with Crippen LogP contribution in [-0.4, -0.2) is 48.2 Å². The van der Waals surface area contributed by atoms with Crippen LogP contribution in [0.2, 0.25) is 0 Å². The monoisotopic (exact) mass is 330 g/mol. The van der Waals surface area contributed by atoms with Crippen molar-refractivity contribution < 1.29 is 9.53 Å². The highest BCUT2D eigenvalue weighted by molar-refractivity contribution is 5.81. The van der Waals surface area contributed by atoms with E-state index in [9.17, 15) is 4.79 Å². The molecule has 1 aromatic heterocycles. The third-order valence-corrected chi connectivity index (χ3v) is 5.47. The fourth-order valence-electron chi connectivity index (χ4n) is 3.85. The summed E-state index contributed by atoms with van der Waals surface area (Å²) in [5.74, 6) is 1.57. The zero-order chi connectivity index (χ0) is 16.6. The number of piperidine rings is 1. The van der Waals surface area contributed by atoms with Gasteiger partial charge >= 0.3 is 0 Å². The molecule has 3 aliphatic rings. The number of rotatable bonds is 4. The number of nitrogens with one attached hydrogen (secondary N) is 1. The van der Waals surface area contributed by atoms with E-state index in [0.717, 1.165) is 50.4 Å². The van der Waals surface area contributed by atoms with E-state index >= 15 is 0 Å². The van der Waals surface area contributed by atoms with Gasteiger partial charge in [-0.1, -0.05) is 0 Å². The molecule has 6 heteroatoms. The van der Waals surface area contributed by atoms with Crippen molar-refractivity contribution in [2.24, 2.45) is 11.3 Å². The summed E-state index contributed by atoms with van der Waals surface area (Å²) in [6.45, 7) is 5.33. The molecule has 1 saturated carbocycles. The number of carbonyl (C=O) groups excluding carboxylic acids is 1. The van der Waals surface area contributed by atoms with E-state index in [1.54, 1.807) is 0 Å². The van der Waals surface area contributed by atoms with Crippen molar-refractivity contribution in [1.82, 2.24) is 15.3 Å². The lowest BCUT2D eigenvalue weighted by Crippen LogP contribution is -2.45. The molecule has 0 aromatic carbocycles. The summed E-state index contributed by atoms with van der Waals surface area (Å²) in [6.07, 6.45) is 8.96. The van der Waals surface area contributed by atoms with E-state index in [-0.39, 0.29) is 17.4 Å². The molecule has 3 heterocycles. The summed E-state index contributed by atoms with van der Waals surface area (Å²) in [4.78, 5) is 23.5.